The summed E-state index contributed by atoms with van der Waals surface area (Å²) in [7, 11) is 0. The molecule has 0 bridgehead atoms. The van der Waals surface area contributed by atoms with Crippen LogP contribution in [0.5, 0.6) is 0 Å². The highest BCUT2D eigenvalue weighted by atomic mass is 35.5. The Balaban J connectivity index is 0.000000230. The smallest absolute Gasteiger partial charge is 0.352 e. The number of rotatable bonds is 9. The molecule has 2 aromatic heterocycles. The Hall–Kier alpha value is -6.75. The van der Waals surface area contributed by atoms with E-state index in [9.17, 15) is 46.0 Å². The molecular weight excluding hydrogens is 828 g/mol. The Morgan fingerprint density at radius 3 is 1.70 bits per heavy atom. The zero-order valence-corrected chi connectivity index (χ0v) is 33.4. The largest absolute Gasteiger partial charge is 0.416 e. The van der Waals surface area contributed by atoms with Crippen molar-refractivity contribution in [3.05, 3.63) is 164 Å². The van der Waals surface area contributed by atoms with E-state index < -0.39 is 39.7 Å². The highest BCUT2D eigenvalue weighted by Gasteiger charge is 2.31. The van der Waals surface area contributed by atoms with Crippen LogP contribution in [0.4, 0.5) is 37.7 Å². The third-order valence-electron chi connectivity index (χ3n) is 9.43. The predicted octanol–water partition coefficient (Wildman–Crippen LogP) is 10.7. The van der Waals surface area contributed by atoms with Gasteiger partial charge in [0.1, 0.15) is 0 Å². The number of nitro groups is 1. The molecule has 2 amide bonds. The topological polar surface area (TPSA) is 137 Å². The number of nitro benzene ring substituents is 1. The Morgan fingerprint density at radius 2 is 1.20 bits per heavy atom. The number of fused-ring (bicyclic) bond motifs is 2. The van der Waals surface area contributed by atoms with Gasteiger partial charge in [-0.15, -0.1) is 0 Å². The van der Waals surface area contributed by atoms with Crippen LogP contribution >= 0.6 is 11.6 Å². The molecule has 61 heavy (non-hydrogen) atoms. The van der Waals surface area contributed by atoms with Gasteiger partial charge in [-0.2, -0.15) is 36.5 Å². The van der Waals surface area contributed by atoms with Gasteiger partial charge in [-0.25, -0.2) is 0 Å². The van der Waals surface area contributed by atoms with E-state index in [1.54, 1.807) is 53.3 Å². The maximum absolute atomic E-state index is 13.1. The zero-order valence-electron chi connectivity index (χ0n) is 32.6. The zero-order chi connectivity index (χ0) is 44.3. The molecule has 0 spiro atoms. The molecule has 7 rings (SSSR count). The Kier molecular flexibility index (Phi) is 12.5. The lowest BCUT2D eigenvalue weighted by Crippen LogP contribution is -2.34. The molecule has 0 saturated carbocycles. The monoisotopic (exact) mass is 863 g/mol. The average molecular weight is 864 g/mol. The van der Waals surface area contributed by atoms with Crippen LogP contribution in [0, 0.1) is 15.5 Å². The van der Waals surface area contributed by atoms with Crippen molar-refractivity contribution < 1.29 is 40.9 Å². The third-order valence-corrected chi connectivity index (χ3v) is 9.76. The number of carbonyl (C=O) groups is 2. The fraction of sp³-hybridized carbons (Fsp3) is 0.209. The number of nitrogens with zero attached hydrogens (tertiary/aromatic N) is 5. The predicted molar refractivity (Wildman–Crippen MR) is 218 cm³/mol. The highest BCUT2D eigenvalue weighted by Crippen LogP contribution is 2.32. The van der Waals surface area contributed by atoms with E-state index in [1.807, 2.05) is 26.8 Å². The van der Waals surface area contributed by atoms with Gasteiger partial charge in [-0.05, 0) is 71.3 Å². The fourth-order valence-corrected chi connectivity index (χ4v) is 6.35. The number of nitrogens with one attached hydrogen (secondary N) is 2. The van der Waals surface area contributed by atoms with Crippen molar-refractivity contribution in [2.45, 2.75) is 52.8 Å². The minimum atomic E-state index is -4.40. The van der Waals surface area contributed by atoms with E-state index in [1.165, 1.54) is 41.2 Å². The second kappa shape index (κ2) is 17.5. The minimum Gasteiger partial charge on any atom is -0.352 e. The summed E-state index contributed by atoms with van der Waals surface area (Å²) in [5.41, 5.74) is 1.99. The van der Waals surface area contributed by atoms with Gasteiger partial charge in [-0.1, -0.05) is 74.8 Å². The number of hydrogen-bond acceptors (Lipinski definition) is 6. The lowest BCUT2D eigenvalue weighted by atomic mass is 9.95. The molecule has 7 aromatic rings. The first-order valence-corrected chi connectivity index (χ1v) is 18.8. The molecule has 0 radical (unpaired) electrons. The summed E-state index contributed by atoms with van der Waals surface area (Å²) >= 11 is 6.31. The first kappa shape index (κ1) is 43.8. The van der Waals surface area contributed by atoms with E-state index >= 15 is 0 Å². The molecule has 5 aromatic carbocycles. The number of non-ortho nitro benzene ring substituents is 1. The lowest BCUT2D eigenvalue weighted by molar-refractivity contribution is -0.383. The summed E-state index contributed by atoms with van der Waals surface area (Å²) in [6.45, 7) is 6.18. The lowest BCUT2D eigenvalue weighted by Gasteiger charge is -2.18. The molecule has 316 valence electrons. The quantitative estimate of drug-likeness (QED) is 0.0842. The number of alkyl halides is 6. The number of benzene rings is 5. The van der Waals surface area contributed by atoms with Crippen molar-refractivity contribution in [1.82, 2.24) is 24.9 Å². The second-order valence-electron chi connectivity index (χ2n) is 14.9. The molecule has 0 aliphatic heterocycles. The van der Waals surface area contributed by atoms with E-state index in [4.69, 9.17) is 11.6 Å². The molecule has 0 unspecified atom stereocenters. The molecule has 0 atom stereocenters. The minimum absolute atomic E-state index is 0.0545. The first-order chi connectivity index (χ1) is 28.7. The van der Waals surface area contributed by atoms with Crippen LogP contribution in [0.15, 0.2) is 116 Å². The van der Waals surface area contributed by atoms with Gasteiger partial charge in [0.05, 0.1) is 74.2 Å². The number of carbonyl (C=O) groups excluding carboxylic acids is 2. The van der Waals surface area contributed by atoms with Gasteiger partial charge in [-0.3, -0.25) is 29.1 Å². The summed E-state index contributed by atoms with van der Waals surface area (Å²) in [4.78, 5) is 35.8. The van der Waals surface area contributed by atoms with Crippen LogP contribution in [0.3, 0.4) is 0 Å². The number of hydrogen-bond donors (Lipinski definition) is 2. The van der Waals surface area contributed by atoms with E-state index in [2.05, 4.69) is 20.8 Å². The van der Waals surface area contributed by atoms with Gasteiger partial charge >= 0.3 is 12.4 Å². The van der Waals surface area contributed by atoms with Crippen LogP contribution in [0.1, 0.15) is 58.9 Å². The number of halogens is 7. The molecule has 11 nitrogen and oxygen atoms in total. The maximum atomic E-state index is 13.1. The van der Waals surface area contributed by atoms with Crippen LogP contribution < -0.4 is 10.6 Å². The second-order valence-corrected chi connectivity index (χ2v) is 15.3. The standard InChI is InChI=1S/C28H26ClF3N4O2.C15H10F3N3O2/c1-27(2,3)26(38)33-14-18-9-12-22(29)20(13-18)25(37)35-23-5-4-6-24-21(23)15-34-36(24)16-17-7-10-19(11-8-17)28(30,31)32;16-15(17,18)11-6-4-10(5-7-11)9-20-13-2-1-3-14(21(22)23)12(13)8-19-20/h4-13,15H,14,16H2,1-3H3,(H,33,38)(H,35,37);1-8H,9H2. The van der Waals surface area contributed by atoms with Gasteiger partial charge in [0.15, 0.2) is 0 Å². The van der Waals surface area contributed by atoms with E-state index in [0.717, 1.165) is 29.8 Å². The maximum Gasteiger partial charge on any atom is 0.416 e. The van der Waals surface area contributed by atoms with Crippen LogP contribution in [-0.2, 0) is 36.8 Å². The highest BCUT2D eigenvalue weighted by molar-refractivity contribution is 6.34. The summed E-state index contributed by atoms with van der Waals surface area (Å²) < 4.78 is 79.4. The summed E-state index contributed by atoms with van der Waals surface area (Å²) in [5, 5.41) is 26.5. The van der Waals surface area contributed by atoms with Gasteiger partial charge in [0.2, 0.25) is 5.91 Å². The van der Waals surface area contributed by atoms with Crippen molar-refractivity contribution in [3.63, 3.8) is 0 Å². The Morgan fingerprint density at radius 1 is 0.705 bits per heavy atom. The summed E-state index contributed by atoms with van der Waals surface area (Å²) in [5.74, 6) is -0.541. The van der Waals surface area contributed by atoms with Crippen LogP contribution in [0.2, 0.25) is 5.02 Å². The number of amides is 2. The molecule has 18 heteroatoms. The first-order valence-electron chi connectivity index (χ1n) is 18.4. The summed E-state index contributed by atoms with van der Waals surface area (Å²) in [6.07, 6.45) is -5.79. The normalized spacial score (nSPS) is 11.9. The van der Waals surface area contributed by atoms with Gasteiger partial charge < -0.3 is 10.6 Å². The van der Waals surface area contributed by atoms with Crippen molar-refractivity contribution in [1.29, 1.82) is 0 Å². The van der Waals surface area contributed by atoms with Crippen molar-refractivity contribution in [3.8, 4) is 0 Å². The third kappa shape index (κ3) is 10.5. The molecule has 2 N–H and O–H groups in total. The van der Waals surface area contributed by atoms with E-state index in [-0.39, 0.29) is 41.8 Å². The molecule has 0 saturated heterocycles. The number of aromatic nitrogens is 4. The van der Waals surface area contributed by atoms with Crippen molar-refractivity contribution in [2.75, 3.05) is 5.32 Å². The molecule has 0 aliphatic rings. The van der Waals surface area contributed by atoms with Crippen molar-refractivity contribution >= 4 is 56.6 Å². The summed E-state index contributed by atoms with van der Waals surface area (Å²) in [6, 6.07) is 24.5. The van der Waals surface area contributed by atoms with E-state index in [0.29, 0.717) is 38.6 Å². The molecular formula is C43H36ClF6N7O4. The Labute approximate surface area is 349 Å². The van der Waals surface area contributed by atoms with Crippen LogP contribution in [-0.4, -0.2) is 36.3 Å². The van der Waals surface area contributed by atoms with Crippen LogP contribution in [0.25, 0.3) is 21.8 Å². The number of anilines is 1. The van der Waals surface area contributed by atoms with Gasteiger partial charge in [0.25, 0.3) is 11.6 Å². The van der Waals surface area contributed by atoms with Gasteiger partial charge in [0, 0.05) is 23.4 Å². The molecule has 0 aliphatic carbocycles. The average Bonchev–Trinajstić information content (AvgIpc) is 3.81. The molecule has 0 fully saturated rings. The Bertz CT molecular complexity index is 2720. The SMILES string of the molecule is CC(C)(C)C(=O)NCc1ccc(Cl)c(C(=O)Nc2cccc3c2cnn3Cc2ccc(C(F)(F)F)cc2)c1.O=[N+]([O-])c1cccc2c1cnn2Cc1ccc(C(F)(F)F)cc1. The fourth-order valence-electron chi connectivity index (χ4n) is 6.15. The van der Waals surface area contributed by atoms with Crippen molar-refractivity contribution in [2.24, 2.45) is 5.41 Å². The molecule has 2 heterocycles.